The van der Waals surface area contributed by atoms with Crippen molar-refractivity contribution in [2.75, 3.05) is 5.32 Å². The van der Waals surface area contributed by atoms with Crippen molar-refractivity contribution in [1.82, 2.24) is 9.97 Å². The molecule has 1 aromatic heterocycles. The van der Waals surface area contributed by atoms with E-state index in [0.29, 0.717) is 21.2 Å². The van der Waals surface area contributed by atoms with Crippen LogP contribution in [0.3, 0.4) is 0 Å². The van der Waals surface area contributed by atoms with Crippen LogP contribution in [0.5, 0.6) is 0 Å². The van der Waals surface area contributed by atoms with E-state index >= 15 is 0 Å². The molecule has 1 aromatic carbocycles. The highest BCUT2D eigenvalue weighted by atomic mass is 79.9. The van der Waals surface area contributed by atoms with Crippen LogP contribution in [0, 0.1) is 0 Å². The van der Waals surface area contributed by atoms with Gasteiger partial charge in [0.1, 0.15) is 6.04 Å². The van der Waals surface area contributed by atoms with Gasteiger partial charge >= 0.3 is 11.7 Å². The molecule has 0 radical (unpaired) electrons. The third kappa shape index (κ3) is 2.33. The molecule has 2 aromatic rings. The topological polar surface area (TPSA) is 98.0 Å². The van der Waals surface area contributed by atoms with Gasteiger partial charge in [0.05, 0.1) is 16.7 Å². The van der Waals surface area contributed by atoms with Crippen LogP contribution >= 0.6 is 15.9 Å². The number of halogens is 1. The summed E-state index contributed by atoms with van der Waals surface area (Å²) in [6.07, 6.45) is 0. The highest BCUT2D eigenvalue weighted by Crippen LogP contribution is 2.26. The third-order valence-electron chi connectivity index (χ3n) is 2.35. The molecule has 0 aliphatic carbocycles. The molecule has 2 rings (SSSR count). The molecule has 1 atom stereocenters. The van der Waals surface area contributed by atoms with Crippen LogP contribution in [0.2, 0.25) is 0 Å². The molecule has 1 heterocycles. The molecule has 0 aliphatic heterocycles. The number of aromatic amines is 2. The van der Waals surface area contributed by atoms with Gasteiger partial charge in [-0.25, -0.2) is 4.79 Å². The van der Waals surface area contributed by atoms with E-state index in [2.05, 4.69) is 31.2 Å². The van der Waals surface area contributed by atoms with Crippen molar-refractivity contribution in [1.29, 1.82) is 0 Å². The van der Waals surface area contributed by atoms with Gasteiger partial charge in [0, 0.05) is 4.47 Å². The smallest absolute Gasteiger partial charge is 0.325 e. The monoisotopic (exact) mass is 299 g/mol. The average molecular weight is 300 g/mol. The minimum absolute atomic E-state index is 0.296. The standard InChI is InChI=1S/C10H10BrN3O3/c1-4(9(15)16)12-6-3-8-7(2-5(6)11)13-10(17)14-8/h2-4,12H,1H3,(H,15,16)(H2,13,14,17). The Kier molecular flexibility index (Phi) is 2.93. The van der Waals surface area contributed by atoms with Crippen molar-refractivity contribution in [2.24, 2.45) is 0 Å². The number of benzene rings is 1. The molecular formula is C10H10BrN3O3. The zero-order valence-corrected chi connectivity index (χ0v) is 10.5. The number of fused-ring (bicyclic) bond motifs is 1. The van der Waals surface area contributed by atoms with Crippen LogP contribution in [0.1, 0.15) is 6.92 Å². The molecule has 4 N–H and O–H groups in total. The number of carbonyl (C=O) groups is 1. The van der Waals surface area contributed by atoms with Crippen LogP contribution in [0.4, 0.5) is 5.69 Å². The summed E-state index contributed by atoms with van der Waals surface area (Å²) in [5.41, 5.74) is 1.60. The quantitative estimate of drug-likeness (QED) is 0.690. The number of carboxylic acid groups (broad SMARTS) is 1. The van der Waals surface area contributed by atoms with Crippen LogP contribution in [0.25, 0.3) is 11.0 Å². The van der Waals surface area contributed by atoms with Gasteiger partial charge in [-0.15, -0.1) is 0 Å². The summed E-state index contributed by atoms with van der Waals surface area (Å²) in [6.45, 7) is 1.54. The number of carboxylic acids is 1. The number of rotatable bonds is 3. The largest absolute Gasteiger partial charge is 0.480 e. The van der Waals surface area contributed by atoms with E-state index in [9.17, 15) is 9.59 Å². The number of nitrogens with one attached hydrogen (secondary N) is 3. The van der Waals surface area contributed by atoms with Gasteiger partial charge in [0.15, 0.2) is 0 Å². The second-order valence-electron chi connectivity index (χ2n) is 3.66. The van der Waals surface area contributed by atoms with Crippen LogP contribution in [-0.2, 0) is 4.79 Å². The average Bonchev–Trinajstić information content (AvgIpc) is 2.57. The van der Waals surface area contributed by atoms with Gasteiger partial charge in [0.25, 0.3) is 0 Å². The lowest BCUT2D eigenvalue weighted by molar-refractivity contribution is -0.137. The van der Waals surface area contributed by atoms with Gasteiger partial charge in [-0.1, -0.05) is 0 Å². The van der Waals surface area contributed by atoms with Crippen molar-refractivity contribution < 1.29 is 9.90 Å². The van der Waals surface area contributed by atoms with E-state index in [0.717, 1.165) is 0 Å². The Balaban J connectivity index is 2.43. The van der Waals surface area contributed by atoms with Crippen LogP contribution in [0.15, 0.2) is 21.4 Å². The molecule has 0 bridgehead atoms. The van der Waals surface area contributed by atoms with Gasteiger partial charge in [-0.3, -0.25) is 4.79 Å². The number of anilines is 1. The third-order valence-corrected chi connectivity index (χ3v) is 3.00. The molecule has 0 aliphatic rings. The molecule has 7 heteroatoms. The Hall–Kier alpha value is -1.76. The minimum atomic E-state index is -0.945. The molecule has 0 spiro atoms. The molecule has 0 saturated heterocycles. The molecule has 0 amide bonds. The summed E-state index contributed by atoms with van der Waals surface area (Å²) in [5.74, 6) is -0.945. The first kappa shape index (κ1) is 11.7. The summed E-state index contributed by atoms with van der Waals surface area (Å²) in [6, 6.07) is 2.68. The maximum atomic E-state index is 11.1. The number of hydrogen-bond acceptors (Lipinski definition) is 3. The van der Waals surface area contributed by atoms with E-state index in [-0.39, 0.29) is 5.69 Å². The van der Waals surface area contributed by atoms with Crippen LogP contribution in [-0.4, -0.2) is 27.1 Å². The van der Waals surface area contributed by atoms with Gasteiger partial charge < -0.3 is 20.4 Å². The summed E-state index contributed by atoms with van der Waals surface area (Å²) >= 11 is 3.31. The Morgan fingerprint density at radius 1 is 1.41 bits per heavy atom. The second kappa shape index (κ2) is 4.25. The molecule has 90 valence electrons. The highest BCUT2D eigenvalue weighted by molar-refractivity contribution is 9.10. The fraction of sp³-hybridized carbons (Fsp3) is 0.200. The van der Waals surface area contributed by atoms with Crippen LogP contribution < -0.4 is 11.0 Å². The van der Waals surface area contributed by atoms with E-state index < -0.39 is 12.0 Å². The Labute approximate surface area is 104 Å². The number of imidazole rings is 1. The van der Waals surface area contributed by atoms with Crippen molar-refractivity contribution >= 4 is 38.6 Å². The van der Waals surface area contributed by atoms with Crippen molar-refractivity contribution in [3.63, 3.8) is 0 Å². The highest BCUT2D eigenvalue weighted by Gasteiger charge is 2.13. The molecule has 1 unspecified atom stereocenters. The number of aromatic nitrogens is 2. The van der Waals surface area contributed by atoms with Crippen molar-refractivity contribution in [3.8, 4) is 0 Å². The molecule has 17 heavy (non-hydrogen) atoms. The predicted octanol–water partition coefficient (Wildman–Crippen LogP) is 1.50. The number of hydrogen-bond donors (Lipinski definition) is 4. The second-order valence-corrected chi connectivity index (χ2v) is 4.52. The molecule has 0 saturated carbocycles. The summed E-state index contributed by atoms with van der Waals surface area (Å²) < 4.78 is 0.688. The Morgan fingerprint density at radius 2 is 2.00 bits per heavy atom. The van der Waals surface area contributed by atoms with E-state index in [4.69, 9.17) is 5.11 Å². The number of H-pyrrole nitrogens is 2. The lowest BCUT2D eigenvalue weighted by Gasteiger charge is -2.12. The minimum Gasteiger partial charge on any atom is -0.480 e. The Bertz CT molecular complexity index is 631. The normalized spacial score (nSPS) is 12.6. The van der Waals surface area contributed by atoms with Crippen molar-refractivity contribution in [2.45, 2.75) is 13.0 Å². The fourth-order valence-electron chi connectivity index (χ4n) is 1.46. The first-order valence-corrected chi connectivity index (χ1v) is 5.67. The summed E-state index contributed by atoms with van der Waals surface area (Å²) in [5, 5.41) is 11.6. The first-order chi connectivity index (χ1) is 7.97. The lowest BCUT2D eigenvalue weighted by atomic mass is 10.2. The zero-order valence-electron chi connectivity index (χ0n) is 8.87. The predicted molar refractivity (Wildman–Crippen MR) is 67.3 cm³/mol. The number of aliphatic carboxylic acids is 1. The van der Waals surface area contributed by atoms with Gasteiger partial charge in [-0.2, -0.15) is 0 Å². The van der Waals surface area contributed by atoms with E-state index in [1.54, 1.807) is 19.1 Å². The maximum Gasteiger partial charge on any atom is 0.325 e. The maximum absolute atomic E-state index is 11.1. The van der Waals surface area contributed by atoms with E-state index in [1.165, 1.54) is 0 Å². The summed E-state index contributed by atoms with van der Waals surface area (Å²) in [7, 11) is 0. The van der Waals surface area contributed by atoms with E-state index in [1.807, 2.05) is 0 Å². The van der Waals surface area contributed by atoms with Gasteiger partial charge in [0.2, 0.25) is 0 Å². The van der Waals surface area contributed by atoms with Gasteiger partial charge in [-0.05, 0) is 35.0 Å². The van der Waals surface area contributed by atoms with Crippen molar-refractivity contribution in [3.05, 3.63) is 27.1 Å². The SMILES string of the molecule is CC(Nc1cc2[nH]c(=O)[nH]c2cc1Br)C(=O)O. The first-order valence-electron chi connectivity index (χ1n) is 4.88. The zero-order chi connectivity index (χ0) is 12.6. The summed E-state index contributed by atoms with van der Waals surface area (Å²) in [4.78, 5) is 27.1. The Morgan fingerprint density at radius 3 is 2.59 bits per heavy atom. The lowest BCUT2D eigenvalue weighted by Crippen LogP contribution is -2.25. The molecule has 6 nitrogen and oxygen atoms in total. The molecular weight excluding hydrogens is 290 g/mol. The molecule has 0 fully saturated rings. The fourth-order valence-corrected chi connectivity index (χ4v) is 1.92.